The molecule has 3 heterocycles. The van der Waals surface area contributed by atoms with Gasteiger partial charge in [0.25, 0.3) is 0 Å². The maximum atomic E-state index is 13.8. The molecule has 2 aliphatic rings. The van der Waals surface area contributed by atoms with Crippen LogP contribution in [0.3, 0.4) is 0 Å². The number of methoxy groups -OCH3 is 1. The number of aromatic hydroxyl groups is 3. The van der Waals surface area contributed by atoms with Crippen molar-refractivity contribution >= 4 is 11.0 Å². The molecule has 44 heavy (non-hydrogen) atoms. The van der Waals surface area contributed by atoms with Crippen molar-refractivity contribution in [2.24, 2.45) is 0 Å². The predicted molar refractivity (Wildman–Crippen MR) is 145 cm³/mol. The lowest BCUT2D eigenvalue weighted by molar-refractivity contribution is -0.354. The van der Waals surface area contributed by atoms with Crippen LogP contribution >= 0.6 is 0 Å². The third-order valence-electron chi connectivity index (χ3n) is 7.52. The monoisotopic (exact) mass is 624 g/mol. The van der Waals surface area contributed by atoms with E-state index in [-0.39, 0.29) is 28.4 Å². The lowest BCUT2D eigenvalue weighted by Gasteiger charge is -2.45. The van der Waals surface area contributed by atoms with Crippen LogP contribution in [-0.4, -0.2) is 121 Å². The molecule has 2 fully saturated rings. The molecule has 16 heteroatoms. The Morgan fingerprint density at radius 2 is 1.57 bits per heavy atom. The summed E-state index contributed by atoms with van der Waals surface area (Å²) >= 11 is 0. The summed E-state index contributed by atoms with van der Waals surface area (Å²) < 4.78 is 33.6. The van der Waals surface area contributed by atoms with Gasteiger partial charge in [0.1, 0.15) is 59.1 Å². The van der Waals surface area contributed by atoms with E-state index in [1.807, 2.05) is 0 Å². The molecule has 10 atom stereocenters. The molecule has 0 radical (unpaired) electrons. The summed E-state index contributed by atoms with van der Waals surface area (Å²) in [4.78, 5) is 13.8. The molecule has 0 saturated carbocycles. The van der Waals surface area contributed by atoms with Crippen molar-refractivity contribution in [1.29, 1.82) is 0 Å². The van der Waals surface area contributed by atoms with Crippen LogP contribution in [0.2, 0.25) is 0 Å². The molecule has 1 aromatic heterocycles. The second-order valence-corrected chi connectivity index (χ2v) is 10.4. The zero-order chi connectivity index (χ0) is 32.0. The fraction of sp³-hybridized carbons (Fsp3) is 0.464. The normalized spacial score (nSPS) is 32.5. The van der Waals surface area contributed by atoms with Gasteiger partial charge in [0.15, 0.2) is 29.7 Å². The lowest BCUT2D eigenvalue weighted by Crippen LogP contribution is -2.64. The van der Waals surface area contributed by atoms with Crippen LogP contribution in [0.5, 0.6) is 28.7 Å². The van der Waals surface area contributed by atoms with Crippen molar-refractivity contribution < 1.29 is 74.1 Å². The highest BCUT2D eigenvalue weighted by atomic mass is 16.8. The topological polar surface area (TPSA) is 258 Å². The Morgan fingerprint density at radius 3 is 2.23 bits per heavy atom. The summed E-state index contributed by atoms with van der Waals surface area (Å²) in [6, 6.07) is 5.86. The van der Waals surface area contributed by atoms with Crippen LogP contribution < -0.4 is 14.9 Å². The first-order valence-electron chi connectivity index (χ1n) is 13.4. The molecular weight excluding hydrogens is 592 g/mol. The molecule has 0 aliphatic carbocycles. The van der Waals surface area contributed by atoms with Gasteiger partial charge in [0, 0.05) is 17.7 Å². The second kappa shape index (κ2) is 12.4. The van der Waals surface area contributed by atoms with E-state index in [0.717, 1.165) is 12.1 Å². The summed E-state index contributed by atoms with van der Waals surface area (Å²) in [5.41, 5.74) is -1.23. The van der Waals surface area contributed by atoms with E-state index in [1.165, 1.54) is 32.2 Å². The Kier molecular flexibility index (Phi) is 8.90. The third kappa shape index (κ3) is 5.63. The SMILES string of the molecule is COc1ccc(-c2oc3cc(O)cc(O)c3c(=O)c2O[C@H]2O[C@@H](CO)[C@H](O)[C@@H](O)[C@@H]2O[C@H]2O[C@@H](C)[C@H](O)[C@@H](O)[C@@H]2O)cc1O. The standard InChI is InChI=1S/C28H32O16/c1-9-18(33)21(36)23(38)27(40-9)44-26-22(37)19(34)16(8-29)42-28(26)43-25-20(35)17-13(32)6-11(30)7-15(17)41-24(25)10-3-4-14(39-2)12(31)5-10/h3-7,9,16,18-19,21-23,26-34,36-38H,8H2,1-2H3/t9-,16-,18-,19-,21+,22+,23-,26-,27+,28+/m0/s1. The first-order chi connectivity index (χ1) is 20.9. The van der Waals surface area contributed by atoms with Gasteiger partial charge in [-0.25, -0.2) is 0 Å². The third-order valence-corrected chi connectivity index (χ3v) is 7.52. The smallest absolute Gasteiger partial charge is 0.239 e. The van der Waals surface area contributed by atoms with Gasteiger partial charge in [-0.2, -0.15) is 0 Å². The number of phenols is 3. The van der Waals surface area contributed by atoms with Crippen LogP contribution in [0.4, 0.5) is 0 Å². The van der Waals surface area contributed by atoms with E-state index in [2.05, 4.69) is 0 Å². The molecule has 0 bridgehead atoms. The molecule has 240 valence electrons. The number of rotatable bonds is 7. The summed E-state index contributed by atoms with van der Waals surface area (Å²) in [5.74, 6) is -2.40. The van der Waals surface area contributed by atoms with E-state index in [0.29, 0.717) is 0 Å². The summed E-state index contributed by atoms with van der Waals surface area (Å²) in [6.07, 6.45) is -16.5. The molecule has 2 aliphatic heterocycles. The Morgan fingerprint density at radius 1 is 0.841 bits per heavy atom. The number of aliphatic hydroxyl groups excluding tert-OH is 6. The average Bonchev–Trinajstić information content (AvgIpc) is 2.98. The highest BCUT2D eigenvalue weighted by Crippen LogP contribution is 2.40. The largest absolute Gasteiger partial charge is 0.508 e. The quantitative estimate of drug-likeness (QED) is 0.147. The fourth-order valence-corrected chi connectivity index (χ4v) is 5.09. The molecular formula is C28H32O16. The average molecular weight is 625 g/mol. The van der Waals surface area contributed by atoms with Crippen molar-refractivity contribution in [3.05, 3.63) is 40.6 Å². The van der Waals surface area contributed by atoms with Crippen molar-refractivity contribution in [3.8, 4) is 40.1 Å². The van der Waals surface area contributed by atoms with Gasteiger partial charge < -0.3 is 74.1 Å². The minimum Gasteiger partial charge on any atom is -0.508 e. The number of hydrogen-bond acceptors (Lipinski definition) is 16. The molecule has 2 aromatic carbocycles. The van der Waals surface area contributed by atoms with Crippen LogP contribution in [0.25, 0.3) is 22.3 Å². The maximum Gasteiger partial charge on any atom is 0.239 e. The lowest BCUT2D eigenvalue weighted by atomic mass is 9.97. The van der Waals surface area contributed by atoms with Crippen molar-refractivity contribution in [2.45, 2.75) is 68.3 Å². The highest BCUT2D eigenvalue weighted by Gasteiger charge is 2.51. The van der Waals surface area contributed by atoms with Crippen molar-refractivity contribution in [1.82, 2.24) is 0 Å². The number of hydrogen-bond donors (Lipinski definition) is 9. The van der Waals surface area contributed by atoms with E-state index in [4.69, 9.17) is 28.1 Å². The van der Waals surface area contributed by atoms with Gasteiger partial charge in [0.2, 0.25) is 17.5 Å². The van der Waals surface area contributed by atoms with E-state index in [1.54, 1.807) is 0 Å². The van der Waals surface area contributed by atoms with Crippen LogP contribution in [-0.2, 0) is 14.2 Å². The highest BCUT2D eigenvalue weighted by molar-refractivity contribution is 5.88. The van der Waals surface area contributed by atoms with Crippen LogP contribution in [0.1, 0.15) is 6.92 Å². The first-order valence-corrected chi connectivity index (χ1v) is 13.4. The predicted octanol–water partition coefficient (Wildman–Crippen LogP) is -1.38. The summed E-state index contributed by atoms with van der Waals surface area (Å²) in [7, 11) is 1.32. The molecule has 0 spiro atoms. The second-order valence-electron chi connectivity index (χ2n) is 10.4. The molecule has 2 saturated heterocycles. The van der Waals surface area contributed by atoms with Crippen LogP contribution in [0.15, 0.2) is 39.5 Å². The Labute approximate surface area is 248 Å². The van der Waals surface area contributed by atoms with Gasteiger partial charge in [-0.3, -0.25) is 4.79 Å². The van der Waals surface area contributed by atoms with Gasteiger partial charge in [0.05, 0.1) is 19.8 Å². The Balaban J connectivity index is 1.62. The number of benzene rings is 2. The Bertz CT molecular complexity index is 1560. The number of fused-ring (bicyclic) bond motifs is 1. The van der Waals surface area contributed by atoms with E-state index < -0.39 is 96.1 Å². The minimum atomic E-state index is -1.90. The molecule has 0 amide bonds. The van der Waals surface area contributed by atoms with Crippen LogP contribution in [0, 0.1) is 0 Å². The molecule has 0 unspecified atom stereocenters. The Hall–Kier alpha value is -3.71. The summed E-state index contributed by atoms with van der Waals surface area (Å²) in [5, 5.41) is 92.5. The number of ether oxygens (including phenoxy) is 5. The van der Waals surface area contributed by atoms with Gasteiger partial charge >= 0.3 is 0 Å². The first kappa shape index (κ1) is 31.7. The van der Waals surface area contributed by atoms with Gasteiger partial charge in [-0.05, 0) is 25.1 Å². The van der Waals surface area contributed by atoms with E-state index >= 15 is 0 Å². The van der Waals surface area contributed by atoms with Gasteiger partial charge in [-0.15, -0.1) is 0 Å². The maximum absolute atomic E-state index is 13.8. The number of phenolic OH excluding ortho intramolecular Hbond substituents is 3. The van der Waals surface area contributed by atoms with Crippen molar-refractivity contribution in [3.63, 3.8) is 0 Å². The van der Waals surface area contributed by atoms with Gasteiger partial charge in [-0.1, -0.05) is 0 Å². The zero-order valence-corrected chi connectivity index (χ0v) is 23.3. The molecule has 16 nitrogen and oxygen atoms in total. The molecule has 9 N–H and O–H groups in total. The molecule has 3 aromatic rings. The molecule has 5 rings (SSSR count). The van der Waals surface area contributed by atoms with E-state index in [9.17, 15) is 50.8 Å². The summed E-state index contributed by atoms with van der Waals surface area (Å²) in [6.45, 7) is 0.566. The fourth-order valence-electron chi connectivity index (χ4n) is 5.09. The van der Waals surface area contributed by atoms with Crippen molar-refractivity contribution in [2.75, 3.05) is 13.7 Å². The zero-order valence-electron chi connectivity index (χ0n) is 23.3. The minimum absolute atomic E-state index is 0.0460. The number of aliphatic hydroxyl groups is 6.